The fourth-order valence-corrected chi connectivity index (χ4v) is 4.70. The summed E-state index contributed by atoms with van der Waals surface area (Å²) in [6, 6.07) is 16.6. The Bertz CT molecular complexity index is 1510. The van der Waals surface area contributed by atoms with Crippen LogP contribution in [-0.2, 0) is 9.53 Å². The van der Waals surface area contributed by atoms with Crippen LogP contribution in [0.25, 0.3) is 0 Å². The van der Waals surface area contributed by atoms with E-state index in [0.717, 1.165) is 17.2 Å². The first-order valence-electron chi connectivity index (χ1n) is 13.2. The Kier molecular flexibility index (Phi) is 8.48. The van der Waals surface area contributed by atoms with Crippen LogP contribution >= 0.6 is 0 Å². The summed E-state index contributed by atoms with van der Waals surface area (Å²) in [4.78, 5) is 23.8. The predicted octanol–water partition coefficient (Wildman–Crippen LogP) is 4.30. The van der Waals surface area contributed by atoms with Crippen LogP contribution in [0.15, 0.2) is 93.9 Å². The average Bonchev–Trinajstić information content (AvgIpc) is 3.43. The van der Waals surface area contributed by atoms with Crippen molar-refractivity contribution in [3.8, 4) is 0 Å². The Morgan fingerprint density at radius 3 is 2.43 bits per heavy atom. The number of morpholine rings is 1. The number of dihydropyridines is 1. The molecule has 3 aromatic rings. The highest BCUT2D eigenvalue weighted by atomic mass is 19.4. The van der Waals surface area contributed by atoms with E-state index >= 15 is 0 Å². The number of para-hydroxylation sites is 1. The number of nitrogens with zero attached hydrogens (tertiary/aromatic N) is 5. The van der Waals surface area contributed by atoms with Crippen LogP contribution in [0.5, 0.6) is 0 Å². The zero-order valence-corrected chi connectivity index (χ0v) is 22.5. The molecular formula is C29H28F3N7O3. The zero-order chi connectivity index (χ0) is 29.7. The summed E-state index contributed by atoms with van der Waals surface area (Å²) in [5, 5.41) is 13.8. The molecule has 1 saturated heterocycles. The van der Waals surface area contributed by atoms with Crippen molar-refractivity contribution < 1.29 is 27.1 Å². The van der Waals surface area contributed by atoms with Gasteiger partial charge in [0.1, 0.15) is 5.71 Å². The molecule has 0 bridgehead atoms. The number of rotatable bonds is 5. The molecule has 6 rings (SSSR count). The zero-order valence-electron chi connectivity index (χ0n) is 22.5. The van der Waals surface area contributed by atoms with E-state index < -0.39 is 30.7 Å². The molecule has 1 fully saturated rings. The van der Waals surface area contributed by atoms with Crippen LogP contribution in [0, 0.1) is 5.92 Å². The third-order valence-electron chi connectivity index (χ3n) is 6.70. The van der Waals surface area contributed by atoms with Crippen molar-refractivity contribution >= 4 is 29.0 Å². The highest BCUT2D eigenvalue weighted by Crippen LogP contribution is 2.33. The lowest BCUT2D eigenvalue weighted by atomic mass is 10.0. The van der Waals surface area contributed by atoms with Crippen LogP contribution in [0.2, 0.25) is 0 Å². The first kappa shape index (κ1) is 28.7. The molecule has 2 aromatic carbocycles. The van der Waals surface area contributed by atoms with Gasteiger partial charge in [0.2, 0.25) is 6.17 Å². The number of aromatic nitrogens is 2. The Labute approximate surface area is 239 Å². The van der Waals surface area contributed by atoms with E-state index in [4.69, 9.17) is 9.15 Å². The number of nitrogens with one attached hydrogen (secondary N) is 2. The number of hydrogen-bond donors (Lipinski definition) is 2. The van der Waals surface area contributed by atoms with Gasteiger partial charge >= 0.3 is 12.2 Å². The molecule has 1 amide bonds. The number of hydrogen-bond acceptors (Lipinski definition) is 9. The van der Waals surface area contributed by atoms with Gasteiger partial charge in [-0.05, 0) is 12.1 Å². The van der Waals surface area contributed by atoms with Crippen molar-refractivity contribution in [2.45, 2.75) is 12.3 Å². The van der Waals surface area contributed by atoms with Gasteiger partial charge < -0.3 is 24.7 Å². The van der Waals surface area contributed by atoms with Gasteiger partial charge in [0.15, 0.2) is 0 Å². The SMILES string of the molecule is C=C.O=C1Nc2ccccc2C(c2ccccc2)=NC1Nc1nnc(C2=NCC(C(F)(F)F)C=C2N2CCOCC2)o1. The fourth-order valence-electron chi connectivity index (χ4n) is 4.70. The maximum Gasteiger partial charge on any atom is 0.397 e. The third kappa shape index (κ3) is 6.10. The van der Waals surface area contributed by atoms with Crippen LogP contribution in [0.3, 0.4) is 0 Å². The lowest BCUT2D eigenvalue weighted by molar-refractivity contribution is -0.158. The predicted molar refractivity (Wildman–Crippen MR) is 152 cm³/mol. The molecule has 3 aliphatic heterocycles. The van der Waals surface area contributed by atoms with Gasteiger partial charge in [-0.25, -0.2) is 4.99 Å². The van der Waals surface area contributed by atoms with E-state index in [1.54, 1.807) is 11.0 Å². The molecule has 0 spiro atoms. The summed E-state index contributed by atoms with van der Waals surface area (Å²) in [5.41, 5.74) is 3.16. The largest absolute Gasteiger partial charge is 0.402 e. The highest BCUT2D eigenvalue weighted by Gasteiger charge is 2.42. The topological polar surface area (TPSA) is 117 Å². The number of benzene rings is 2. The van der Waals surface area contributed by atoms with Crippen LogP contribution < -0.4 is 10.6 Å². The minimum absolute atomic E-state index is 0.0644. The first-order valence-corrected chi connectivity index (χ1v) is 13.2. The minimum Gasteiger partial charge on any atom is -0.402 e. The molecule has 1 aromatic heterocycles. The minimum atomic E-state index is -4.44. The molecule has 0 radical (unpaired) electrons. The van der Waals surface area contributed by atoms with Crippen molar-refractivity contribution in [1.29, 1.82) is 0 Å². The number of ether oxygens (including phenoxy) is 1. The maximum absolute atomic E-state index is 13.5. The van der Waals surface area contributed by atoms with Crippen LogP contribution in [-0.4, -0.2) is 77.6 Å². The lowest BCUT2D eigenvalue weighted by Gasteiger charge is -2.33. The van der Waals surface area contributed by atoms with Gasteiger partial charge in [0.25, 0.3) is 11.8 Å². The van der Waals surface area contributed by atoms with E-state index in [2.05, 4.69) is 44.0 Å². The lowest BCUT2D eigenvalue weighted by Crippen LogP contribution is -2.41. The van der Waals surface area contributed by atoms with Gasteiger partial charge in [0, 0.05) is 24.2 Å². The normalized spacial score (nSPS) is 20.5. The molecule has 4 heterocycles. The Hall–Kier alpha value is -4.78. The van der Waals surface area contributed by atoms with Crippen molar-refractivity contribution in [1.82, 2.24) is 15.1 Å². The van der Waals surface area contributed by atoms with E-state index in [0.29, 0.717) is 37.7 Å². The Morgan fingerprint density at radius 2 is 1.69 bits per heavy atom. The molecular weight excluding hydrogens is 551 g/mol. The second-order valence-corrected chi connectivity index (χ2v) is 9.33. The number of allylic oxidation sites excluding steroid dienone is 1. The number of fused-ring (bicyclic) bond motifs is 1. The standard InChI is InChI=1S/C27H24F3N7O3.C2H4/c28-27(29,30)17-14-20(37-10-12-39-13-11-37)22(31-15-17)25-35-36-26(40-25)34-23-24(38)32-19-9-5-4-8-18(19)21(33-23)16-6-2-1-3-7-16;1-2/h1-9,14,17,23H,10-13,15H2,(H,32,38)(H,34,36);1-2H2. The summed E-state index contributed by atoms with van der Waals surface area (Å²) >= 11 is 0. The number of benzodiazepines with no additional fused rings is 1. The number of alkyl halides is 3. The Balaban J connectivity index is 0.00000173. The van der Waals surface area contributed by atoms with Crippen molar-refractivity contribution in [3.63, 3.8) is 0 Å². The van der Waals surface area contributed by atoms with Gasteiger partial charge in [-0.15, -0.1) is 18.3 Å². The molecule has 42 heavy (non-hydrogen) atoms. The highest BCUT2D eigenvalue weighted by molar-refractivity contribution is 6.19. The van der Waals surface area contributed by atoms with Crippen molar-refractivity contribution in [3.05, 3.63) is 96.5 Å². The summed E-state index contributed by atoms with van der Waals surface area (Å²) in [6.45, 7) is 7.05. The molecule has 10 nitrogen and oxygen atoms in total. The molecule has 218 valence electrons. The van der Waals surface area contributed by atoms with Gasteiger partial charge in [0.05, 0.1) is 42.8 Å². The molecule has 0 aliphatic carbocycles. The Morgan fingerprint density at radius 1 is 0.976 bits per heavy atom. The molecule has 2 atom stereocenters. The molecule has 13 heteroatoms. The first-order chi connectivity index (χ1) is 20.4. The number of aliphatic imine (C=N–C) groups is 2. The quantitative estimate of drug-likeness (QED) is 0.433. The number of anilines is 2. The molecule has 0 saturated carbocycles. The van der Waals surface area contributed by atoms with E-state index in [1.807, 2.05) is 48.5 Å². The molecule has 2 unspecified atom stereocenters. The summed E-state index contributed by atoms with van der Waals surface area (Å²) in [7, 11) is 0. The van der Waals surface area contributed by atoms with Gasteiger partial charge in [-0.2, -0.15) is 13.2 Å². The fraction of sp³-hybridized carbons (Fsp3) is 0.276. The number of halogens is 3. The molecule has 2 N–H and O–H groups in total. The summed E-state index contributed by atoms with van der Waals surface area (Å²) in [5.74, 6) is -2.24. The van der Waals surface area contributed by atoms with E-state index in [-0.39, 0.29) is 23.3 Å². The summed E-state index contributed by atoms with van der Waals surface area (Å²) < 4.78 is 51.7. The monoisotopic (exact) mass is 579 g/mol. The number of amides is 1. The van der Waals surface area contributed by atoms with Gasteiger partial charge in [-0.3, -0.25) is 9.79 Å². The molecule has 3 aliphatic rings. The van der Waals surface area contributed by atoms with Crippen molar-refractivity contribution in [2.75, 3.05) is 43.5 Å². The maximum atomic E-state index is 13.5. The van der Waals surface area contributed by atoms with Crippen LogP contribution in [0.1, 0.15) is 17.0 Å². The third-order valence-corrected chi connectivity index (χ3v) is 6.70. The second kappa shape index (κ2) is 12.4. The van der Waals surface area contributed by atoms with Crippen molar-refractivity contribution in [2.24, 2.45) is 15.9 Å². The number of carbonyl (C=O) groups is 1. The average molecular weight is 580 g/mol. The second-order valence-electron chi connectivity index (χ2n) is 9.33. The summed E-state index contributed by atoms with van der Waals surface area (Å²) in [6.07, 6.45) is -4.42. The van der Waals surface area contributed by atoms with E-state index in [9.17, 15) is 18.0 Å². The van der Waals surface area contributed by atoms with Crippen LogP contribution in [0.4, 0.5) is 24.9 Å². The smallest absolute Gasteiger partial charge is 0.397 e. The number of carbonyl (C=O) groups excluding carboxylic acids is 1. The van der Waals surface area contributed by atoms with Gasteiger partial charge in [-0.1, -0.05) is 53.6 Å². The van der Waals surface area contributed by atoms with E-state index in [1.165, 1.54) is 0 Å².